The van der Waals surface area contributed by atoms with E-state index in [9.17, 15) is 18.0 Å². The number of esters is 1. The highest BCUT2D eigenvalue weighted by Crippen LogP contribution is 2.23. The molecule has 0 bridgehead atoms. The molecule has 39 heavy (non-hydrogen) atoms. The van der Waals surface area contributed by atoms with Crippen LogP contribution in [0, 0.1) is 0 Å². The Balaban J connectivity index is 1.66. The molecule has 0 aliphatic carbocycles. The van der Waals surface area contributed by atoms with Gasteiger partial charge in [-0.1, -0.05) is 29.5 Å². The van der Waals surface area contributed by atoms with Gasteiger partial charge in [-0.05, 0) is 68.4 Å². The number of amides is 1. The Morgan fingerprint density at radius 3 is 2.31 bits per heavy atom. The maximum absolute atomic E-state index is 13.1. The minimum absolute atomic E-state index is 0.0607. The van der Waals surface area contributed by atoms with Gasteiger partial charge >= 0.3 is 5.97 Å². The first kappa shape index (κ1) is 28.2. The Morgan fingerprint density at radius 1 is 0.949 bits per heavy atom. The molecule has 0 aliphatic rings. The van der Waals surface area contributed by atoms with Crippen molar-refractivity contribution in [1.29, 1.82) is 0 Å². The molecular formula is C28H29N3O6S2. The number of anilines is 1. The Kier molecular flexibility index (Phi) is 8.95. The quantitative estimate of drug-likeness (QED) is 0.207. The summed E-state index contributed by atoms with van der Waals surface area (Å²) in [6, 6.07) is 19.7. The summed E-state index contributed by atoms with van der Waals surface area (Å²) in [7, 11) is -2.33. The SMILES string of the molecule is CCOCCn1c(=NC(=O)c2ccc(S(=O)(=O)N(C)c3ccccc3)cc2)sc2cc(C(=O)OCC)ccc21. The van der Waals surface area contributed by atoms with Gasteiger partial charge in [0.25, 0.3) is 15.9 Å². The van der Waals surface area contributed by atoms with Gasteiger partial charge in [-0.2, -0.15) is 4.99 Å². The molecule has 1 aromatic heterocycles. The number of sulfonamides is 1. The van der Waals surface area contributed by atoms with Gasteiger partial charge in [0.1, 0.15) is 0 Å². The first-order chi connectivity index (χ1) is 18.8. The van der Waals surface area contributed by atoms with E-state index >= 15 is 0 Å². The number of benzene rings is 3. The average molecular weight is 568 g/mol. The van der Waals surface area contributed by atoms with Crippen LogP contribution >= 0.6 is 11.3 Å². The van der Waals surface area contributed by atoms with Gasteiger partial charge in [-0.3, -0.25) is 9.10 Å². The lowest BCUT2D eigenvalue weighted by Gasteiger charge is -2.19. The topological polar surface area (TPSA) is 107 Å². The van der Waals surface area contributed by atoms with E-state index in [4.69, 9.17) is 9.47 Å². The molecule has 4 rings (SSSR count). The third kappa shape index (κ3) is 6.27. The van der Waals surface area contributed by atoms with Gasteiger partial charge in [0, 0.05) is 25.8 Å². The van der Waals surface area contributed by atoms with Crippen LogP contribution in [0.1, 0.15) is 34.6 Å². The second-order valence-corrected chi connectivity index (χ2v) is 11.4. The number of thiazole rings is 1. The molecule has 1 amide bonds. The fraction of sp³-hybridized carbons (Fsp3) is 0.250. The van der Waals surface area contributed by atoms with Crippen molar-refractivity contribution in [3.63, 3.8) is 0 Å². The third-order valence-electron chi connectivity index (χ3n) is 5.93. The Labute approximate surface area is 231 Å². The fourth-order valence-corrected chi connectivity index (χ4v) is 6.16. The van der Waals surface area contributed by atoms with Gasteiger partial charge in [0.2, 0.25) is 0 Å². The van der Waals surface area contributed by atoms with E-state index in [1.54, 1.807) is 49.4 Å². The molecule has 0 saturated heterocycles. The second kappa shape index (κ2) is 12.4. The predicted molar refractivity (Wildman–Crippen MR) is 151 cm³/mol. The van der Waals surface area contributed by atoms with E-state index in [1.807, 2.05) is 17.6 Å². The summed E-state index contributed by atoms with van der Waals surface area (Å²) in [6.45, 7) is 5.35. The van der Waals surface area contributed by atoms with E-state index in [0.29, 0.717) is 35.8 Å². The number of aromatic nitrogens is 1. The van der Waals surface area contributed by atoms with Gasteiger partial charge in [0.15, 0.2) is 4.80 Å². The first-order valence-electron chi connectivity index (χ1n) is 12.4. The lowest BCUT2D eigenvalue weighted by molar-refractivity contribution is 0.0526. The van der Waals surface area contributed by atoms with Crippen molar-refractivity contribution in [1.82, 2.24) is 4.57 Å². The molecule has 11 heteroatoms. The van der Waals surface area contributed by atoms with Gasteiger partial charge < -0.3 is 14.0 Å². The summed E-state index contributed by atoms with van der Waals surface area (Å²) in [6.07, 6.45) is 0. The number of carbonyl (C=O) groups excluding carboxylic acids is 2. The molecule has 0 N–H and O–H groups in total. The highest BCUT2D eigenvalue weighted by molar-refractivity contribution is 7.92. The number of para-hydroxylation sites is 1. The molecular weight excluding hydrogens is 538 g/mol. The summed E-state index contributed by atoms with van der Waals surface area (Å²) in [5.74, 6) is -0.936. The van der Waals surface area contributed by atoms with Crippen LogP contribution in [0.25, 0.3) is 10.2 Å². The predicted octanol–water partition coefficient (Wildman–Crippen LogP) is 4.48. The molecule has 4 aromatic rings. The highest BCUT2D eigenvalue weighted by atomic mass is 32.2. The summed E-state index contributed by atoms with van der Waals surface area (Å²) in [5, 5.41) is 0. The molecule has 9 nitrogen and oxygen atoms in total. The molecule has 0 radical (unpaired) electrons. The van der Waals surface area contributed by atoms with Crippen molar-refractivity contribution in [3.8, 4) is 0 Å². The normalized spacial score (nSPS) is 12.0. The first-order valence-corrected chi connectivity index (χ1v) is 14.6. The van der Waals surface area contributed by atoms with Crippen LogP contribution < -0.4 is 9.11 Å². The summed E-state index contributed by atoms with van der Waals surface area (Å²) < 4.78 is 40.6. The monoisotopic (exact) mass is 567 g/mol. The van der Waals surface area contributed by atoms with Gasteiger partial charge in [-0.15, -0.1) is 0 Å². The highest BCUT2D eigenvalue weighted by Gasteiger charge is 2.21. The van der Waals surface area contributed by atoms with E-state index < -0.39 is 21.9 Å². The number of carbonyl (C=O) groups is 2. The molecule has 1 heterocycles. The van der Waals surface area contributed by atoms with E-state index in [1.165, 1.54) is 47.0 Å². The van der Waals surface area contributed by atoms with Crippen LogP contribution in [0.3, 0.4) is 0 Å². The Bertz CT molecular complexity index is 1640. The molecule has 204 valence electrons. The second-order valence-electron chi connectivity index (χ2n) is 8.39. The van der Waals surface area contributed by atoms with Gasteiger partial charge in [-0.25, -0.2) is 13.2 Å². The number of rotatable bonds is 10. The zero-order valence-electron chi connectivity index (χ0n) is 21.9. The zero-order valence-corrected chi connectivity index (χ0v) is 23.5. The number of hydrogen-bond acceptors (Lipinski definition) is 7. The van der Waals surface area contributed by atoms with Crippen LogP contribution in [0.2, 0.25) is 0 Å². The maximum Gasteiger partial charge on any atom is 0.338 e. The number of nitrogens with zero attached hydrogens (tertiary/aromatic N) is 3. The van der Waals surface area contributed by atoms with Crippen LogP contribution in [-0.4, -0.2) is 51.7 Å². The minimum atomic E-state index is -3.81. The van der Waals surface area contributed by atoms with E-state index in [-0.39, 0.29) is 17.1 Å². The molecule has 0 spiro atoms. The largest absolute Gasteiger partial charge is 0.462 e. The molecule has 0 atom stereocenters. The van der Waals surface area contributed by atoms with Crippen LogP contribution in [-0.2, 0) is 26.0 Å². The lowest BCUT2D eigenvalue weighted by atomic mass is 10.2. The fourth-order valence-electron chi connectivity index (χ4n) is 3.87. The minimum Gasteiger partial charge on any atom is -0.462 e. The molecule has 0 fully saturated rings. The molecule has 0 aliphatic heterocycles. The smallest absolute Gasteiger partial charge is 0.338 e. The summed E-state index contributed by atoms with van der Waals surface area (Å²) in [4.78, 5) is 30.2. The summed E-state index contributed by atoms with van der Waals surface area (Å²) in [5.41, 5.74) is 2.00. The standard InChI is InChI=1S/C28H29N3O6S2/c1-4-36-18-17-31-24-16-13-21(27(33)37-5-2)19-25(24)38-28(31)29-26(32)20-11-14-23(15-12-20)39(34,35)30(3)22-9-7-6-8-10-22/h6-16,19H,4-5,17-18H2,1-3H3. The third-order valence-corrected chi connectivity index (χ3v) is 8.77. The van der Waals surface area contributed by atoms with Crippen LogP contribution in [0.15, 0.2) is 82.7 Å². The number of ether oxygens (including phenoxy) is 2. The van der Waals surface area contributed by atoms with Crippen molar-refractivity contribution in [2.45, 2.75) is 25.3 Å². The van der Waals surface area contributed by atoms with Crippen molar-refractivity contribution in [2.75, 3.05) is 31.2 Å². The van der Waals surface area contributed by atoms with Crippen LogP contribution in [0.4, 0.5) is 5.69 Å². The number of fused-ring (bicyclic) bond motifs is 1. The lowest BCUT2D eigenvalue weighted by Crippen LogP contribution is -2.26. The van der Waals surface area contributed by atoms with E-state index in [2.05, 4.69) is 4.99 Å². The van der Waals surface area contributed by atoms with E-state index in [0.717, 1.165) is 10.2 Å². The summed E-state index contributed by atoms with van der Waals surface area (Å²) >= 11 is 1.27. The van der Waals surface area contributed by atoms with Crippen molar-refractivity contribution >= 4 is 49.1 Å². The Morgan fingerprint density at radius 2 is 1.64 bits per heavy atom. The number of hydrogen-bond donors (Lipinski definition) is 0. The van der Waals surface area contributed by atoms with Crippen molar-refractivity contribution < 1.29 is 27.5 Å². The molecule has 0 saturated carbocycles. The zero-order chi connectivity index (χ0) is 28.0. The van der Waals surface area contributed by atoms with Crippen molar-refractivity contribution in [3.05, 3.63) is 88.7 Å². The average Bonchev–Trinajstić information content (AvgIpc) is 3.29. The van der Waals surface area contributed by atoms with Gasteiger partial charge in [0.05, 0.1) is 39.6 Å². The van der Waals surface area contributed by atoms with Crippen molar-refractivity contribution in [2.24, 2.45) is 4.99 Å². The molecule has 3 aromatic carbocycles. The molecule has 0 unspecified atom stereocenters. The Hall–Kier alpha value is -3.80. The van der Waals surface area contributed by atoms with Crippen LogP contribution in [0.5, 0.6) is 0 Å². The maximum atomic E-state index is 13.1.